The first-order chi connectivity index (χ1) is 10.9. The third kappa shape index (κ3) is 2.58. The molecule has 2 nitrogen and oxygen atoms in total. The molecule has 0 aliphatic carbocycles. The standard InChI is InChI=1S/C19H18BrFO2/c1-19(2)15-10-17(11-4-3-5-13(21)8-11)22-18(15)14-9-12(20)6-7-16(14)23-19/h3-9,15,17-18H,10H2,1-2H3/t15-,17+,18+/m0/s1. The molecule has 23 heavy (non-hydrogen) atoms. The maximum atomic E-state index is 13.5. The highest BCUT2D eigenvalue weighted by Crippen LogP contribution is 2.55. The van der Waals surface area contributed by atoms with Gasteiger partial charge in [-0.2, -0.15) is 0 Å². The zero-order valence-electron chi connectivity index (χ0n) is 13.1. The summed E-state index contributed by atoms with van der Waals surface area (Å²) in [6, 6.07) is 12.7. The van der Waals surface area contributed by atoms with E-state index in [0.29, 0.717) is 0 Å². The van der Waals surface area contributed by atoms with E-state index in [-0.39, 0.29) is 29.5 Å². The Bertz CT molecular complexity index is 759. The highest BCUT2D eigenvalue weighted by atomic mass is 79.9. The van der Waals surface area contributed by atoms with Gasteiger partial charge < -0.3 is 9.47 Å². The van der Waals surface area contributed by atoms with Crippen LogP contribution in [0.2, 0.25) is 0 Å². The van der Waals surface area contributed by atoms with E-state index < -0.39 is 0 Å². The molecule has 0 saturated carbocycles. The van der Waals surface area contributed by atoms with E-state index in [1.54, 1.807) is 12.1 Å². The van der Waals surface area contributed by atoms with Crippen LogP contribution in [-0.2, 0) is 4.74 Å². The van der Waals surface area contributed by atoms with Gasteiger partial charge in [0, 0.05) is 16.0 Å². The van der Waals surface area contributed by atoms with Gasteiger partial charge in [0.1, 0.15) is 17.2 Å². The fraction of sp³-hybridized carbons (Fsp3) is 0.368. The largest absolute Gasteiger partial charge is 0.487 e. The number of hydrogen-bond donors (Lipinski definition) is 0. The second-order valence-corrected chi connectivity index (χ2v) is 7.75. The van der Waals surface area contributed by atoms with Crippen molar-refractivity contribution in [3.63, 3.8) is 0 Å². The molecule has 3 atom stereocenters. The lowest BCUT2D eigenvalue weighted by Crippen LogP contribution is -2.42. The zero-order valence-corrected chi connectivity index (χ0v) is 14.6. The molecule has 2 aromatic rings. The Morgan fingerprint density at radius 3 is 2.78 bits per heavy atom. The summed E-state index contributed by atoms with van der Waals surface area (Å²) in [6.45, 7) is 4.21. The maximum absolute atomic E-state index is 13.5. The molecule has 1 saturated heterocycles. The molecule has 0 bridgehead atoms. The molecule has 0 N–H and O–H groups in total. The quantitative estimate of drug-likeness (QED) is 0.646. The van der Waals surface area contributed by atoms with Crippen LogP contribution in [0.1, 0.15) is 43.6 Å². The minimum absolute atomic E-state index is 0.0282. The lowest BCUT2D eigenvalue weighted by atomic mass is 9.78. The predicted octanol–water partition coefficient (Wildman–Crippen LogP) is 5.58. The molecule has 2 heterocycles. The van der Waals surface area contributed by atoms with E-state index in [0.717, 1.165) is 27.8 Å². The minimum Gasteiger partial charge on any atom is -0.487 e. The predicted molar refractivity (Wildman–Crippen MR) is 89.9 cm³/mol. The second kappa shape index (κ2) is 5.32. The third-order valence-corrected chi connectivity index (χ3v) is 5.40. The van der Waals surface area contributed by atoms with Crippen molar-refractivity contribution in [2.75, 3.05) is 0 Å². The number of ether oxygens (including phenoxy) is 2. The van der Waals surface area contributed by atoms with Gasteiger partial charge in [-0.3, -0.25) is 0 Å². The first kappa shape index (κ1) is 15.2. The van der Waals surface area contributed by atoms with Crippen molar-refractivity contribution in [1.29, 1.82) is 0 Å². The average molecular weight is 377 g/mol. The zero-order chi connectivity index (χ0) is 16.2. The number of hydrogen-bond acceptors (Lipinski definition) is 2. The molecule has 0 spiro atoms. The number of halogens is 2. The second-order valence-electron chi connectivity index (χ2n) is 6.83. The van der Waals surface area contributed by atoms with E-state index in [4.69, 9.17) is 9.47 Å². The lowest BCUT2D eigenvalue weighted by molar-refractivity contribution is -0.0422. The van der Waals surface area contributed by atoms with Crippen molar-refractivity contribution < 1.29 is 13.9 Å². The molecule has 120 valence electrons. The van der Waals surface area contributed by atoms with E-state index in [1.165, 1.54) is 6.07 Å². The van der Waals surface area contributed by atoms with Crippen molar-refractivity contribution in [3.05, 3.63) is 63.9 Å². The van der Waals surface area contributed by atoms with Crippen LogP contribution in [0.4, 0.5) is 4.39 Å². The van der Waals surface area contributed by atoms with Gasteiger partial charge in [0.25, 0.3) is 0 Å². The summed E-state index contributed by atoms with van der Waals surface area (Å²) in [7, 11) is 0. The van der Waals surface area contributed by atoms with Gasteiger partial charge in [-0.05, 0) is 56.2 Å². The summed E-state index contributed by atoms with van der Waals surface area (Å²) in [4.78, 5) is 0. The Morgan fingerprint density at radius 1 is 1.17 bits per heavy atom. The molecular weight excluding hydrogens is 359 g/mol. The SMILES string of the molecule is CC1(C)Oc2ccc(Br)cc2[C@H]2O[C@@H](c3cccc(F)c3)C[C@@H]21. The Labute approximate surface area is 143 Å². The topological polar surface area (TPSA) is 18.5 Å². The Hall–Kier alpha value is -1.39. The van der Waals surface area contributed by atoms with Gasteiger partial charge in [0.15, 0.2) is 0 Å². The van der Waals surface area contributed by atoms with Crippen molar-refractivity contribution in [2.45, 2.75) is 38.1 Å². The van der Waals surface area contributed by atoms with Gasteiger partial charge in [-0.15, -0.1) is 0 Å². The Kier molecular flexibility index (Phi) is 3.50. The summed E-state index contributed by atoms with van der Waals surface area (Å²) in [5.41, 5.74) is 1.66. The molecule has 0 amide bonds. The van der Waals surface area contributed by atoms with Gasteiger partial charge >= 0.3 is 0 Å². The van der Waals surface area contributed by atoms with Crippen molar-refractivity contribution >= 4 is 15.9 Å². The molecule has 0 unspecified atom stereocenters. The van der Waals surface area contributed by atoms with E-state index >= 15 is 0 Å². The van der Waals surface area contributed by atoms with Crippen molar-refractivity contribution in [2.24, 2.45) is 5.92 Å². The van der Waals surface area contributed by atoms with Crippen LogP contribution in [0.25, 0.3) is 0 Å². The summed E-state index contributed by atoms with van der Waals surface area (Å²) in [5.74, 6) is 0.886. The summed E-state index contributed by atoms with van der Waals surface area (Å²) < 4.78 is 27.1. The minimum atomic E-state index is -0.312. The smallest absolute Gasteiger partial charge is 0.126 e. The summed E-state index contributed by atoms with van der Waals surface area (Å²) in [6.07, 6.45) is 0.695. The number of rotatable bonds is 1. The molecular formula is C19H18BrFO2. The van der Waals surface area contributed by atoms with Crippen LogP contribution in [0, 0.1) is 11.7 Å². The molecule has 1 fully saturated rings. The molecule has 4 heteroatoms. The fourth-order valence-corrected chi connectivity index (χ4v) is 4.11. The average Bonchev–Trinajstić information content (AvgIpc) is 2.95. The van der Waals surface area contributed by atoms with E-state index in [2.05, 4.69) is 35.8 Å². The lowest BCUT2D eigenvalue weighted by Gasteiger charge is -2.41. The van der Waals surface area contributed by atoms with Crippen LogP contribution in [0.15, 0.2) is 46.9 Å². The summed E-state index contributed by atoms with van der Waals surface area (Å²) >= 11 is 3.52. The third-order valence-electron chi connectivity index (χ3n) is 4.91. The Morgan fingerprint density at radius 2 is 2.00 bits per heavy atom. The first-order valence-corrected chi connectivity index (χ1v) is 8.63. The van der Waals surface area contributed by atoms with Crippen LogP contribution >= 0.6 is 15.9 Å². The van der Waals surface area contributed by atoms with Crippen molar-refractivity contribution in [3.8, 4) is 5.75 Å². The van der Waals surface area contributed by atoms with Gasteiger partial charge in [0.05, 0.1) is 12.2 Å². The van der Waals surface area contributed by atoms with Crippen LogP contribution in [-0.4, -0.2) is 5.60 Å². The molecule has 2 aliphatic rings. The van der Waals surface area contributed by atoms with Crippen LogP contribution < -0.4 is 4.74 Å². The Balaban J connectivity index is 1.74. The van der Waals surface area contributed by atoms with Gasteiger partial charge in [-0.25, -0.2) is 4.39 Å². The normalized spacial score (nSPS) is 27.9. The highest BCUT2D eigenvalue weighted by molar-refractivity contribution is 9.10. The monoisotopic (exact) mass is 376 g/mol. The van der Waals surface area contributed by atoms with Crippen LogP contribution in [0.3, 0.4) is 0 Å². The van der Waals surface area contributed by atoms with Gasteiger partial charge in [-0.1, -0.05) is 28.1 Å². The molecule has 4 rings (SSSR count). The van der Waals surface area contributed by atoms with Gasteiger partial charge in [0.2, 0.25) is 0 Å². The van der Waals surface area contributed by atoms with Crippen LogP contribution in [0.5, 0.6) is 5.75 Å². The molecule has 2 aliphatic heterocycles. The van der Waals surface area contributed by atoms with E-state index in [9.17, 15) is 4.39 Å². The summed E-state index contributed by atoms with van der Waals surface area (Å²) in [5, 5.41) is 0. The maximum Gasteiger partial charge on any atom is 0.126 e. The first-order valence-electron chi connectivity index (χ1n) is 7.83. The number of benzene rings is 2. The highest BCUT2D eigenvalue weighted by Gasteiger charge is 2.50. The molecule has 2 aromatic carbocycles. The van der Waals surface area contributed by atoms with E-state index in [1.807, 2.05) is 18.2 Å². The fourth-order valence-electron chi connectivity index (χ4n) is 3.74. The number of fused-ring (bicyclic) bond motifs is 3. The van der Waals surface area contributed by atoms with Crippen molar-refractivity contribution in [1.82, 2.24) is 0 Å². The molecule has 0 aromatic heterocycles. The molecule has 0 radical (unpaired) electrons.